The van der Waals surface area contributed by atoms with Crippen molar-refractivity contribution < 1.29 is 0 Å². The highest BCUT2D eigenvalue weighted by atomic mass is 15.3. The van der Waals surface area contributed by atoms with Crippen LogP contribution in [0.2, 0.25) is 0 Å². The van der Waals surface area contributed by atoms with E-state index in [0.29, 0.717) is 5.69 Å². The first-order valence-corrected chi connectivity index (χ1v) is 5.12. The number of nitrogen functional groups attached to an aromatic ring is 1. The number of hydrogen-bond acceptors (Lipinski definition) is 2. The van der Waals surface area contributed by atoms with Crippen LogP contribution in [0.4, 0.5) is 5.69 Å². The number of nitrogens with two attached hydrogens (primary N) is 1. The summed E-state index contributed by atoms with van der Waals surface area (Å²) in [7, 11) is 1.89. The van der Waals surface area contributed by atoms with Crippen LogP contribution in [-0.2, 0) is 7.05 Å². The molecule has 0 aliphatic rings. The van der Waals surface area contributed by atoms with Crippen LogP contribution >= 0.6 is 0 Å². The van der Waals surface area contributed by atoms with Crippen molar-refractivity contribution in [2.24, 2.45) is 7.05 Å². The highest BCUT2D eigenvalue weighted by molar-refractivity contribution is 5.72. The van der Waals surface area contributed by atoms with Crippen LogP contribution in [0.3, 0.4) is 0 Å². The van der Waals surface area contributed by atoms with Crippen LogP contribution in [-0.4, -0.2) is 9.78 Å². The topological polar surface area (TPSA) is 43.8 Å². The summed E-state index contributed by atoms with van der Waals surface area (Å²) < 4.78 is 1.78. The van der Waals surface area contributed by atoms with Gasteiger partial charge in [0.05, 0.1) is 17.6 Å². The molecule has 3 heteroatoms. The van der Waals surface area contributed by atoms with Gasteiger partial charge >= 0.3 is 0 Å². The second kappa shape index (κ2) is 5.20. The third-order valence-corrected chi connectivity index (χ3v) is 2.01. The fraction of sp³-hybridized carbons (Fsp3) is 0.250. The smallest absolute Gasteiger partial charge is 0.0908 e. The van der Waals surface area contributed by atoms with Gasteiger partial charge in [0.1, 0.15) is 0 Å². The molecule has 0 fully saturated rings. The quantitative estimate of drug-likeness (QED) is 0.774. The molecule has 0 aliphatic heterocycles. The Hall–Kier alpha value is -1.77. The molecular weight excluding hydrogens is 186 g/mol. The summed E-state index contributed by atoms with van der Waals surface area (Å²) in [5.74, 6) is 0. The molecule has 2 N–H and O–H groups in total. The van der Waals surface area contributed by atoms with Crippen molar-refractivity contribution in [1.82, 2.24) is 9.78 Å². The Bertz CT molecular complexity index is 385. The molecule has 0 spiro atoms. The van der Waals surface area contributed by atoms with Crippen LogP contribution in [0.5, 0.6) is 0 Å². The Morgan fingerprint density at radius 3 is 2.20 bits per heavy atom. The molecule has 2 aromatic rings. The molecule has 2 rings (SSSR count). The van der Waals surface area contributed by atoms with Crippen molar-refractivity contribution in [3.05, 3.63) is 36.5 Å². The number of rotatable bonds is 1. The first-order valence-electron chi connectivity index (χ1n) is 5.12. The minimum atomic E-state index is 0.716. The van der Waals surface area contributed by atoms with Crippen molar-refractivity contribution >= 4 is 5.69 Å². The average molecular weight is 203 g/mol. The van der Waals surface area contributed by atoms with Gasteiger partial charge in [0.15, 0.2) is 0 Å². The minimum absolute atomic E-state index is 0.716. The SMILES string of the molecule is CC.Cn1ncc(N)c1-c1ccccc1. The Balaban J connectivity index is 0.000000531. The van der Waals surface area contributed by atoms with Crippen molar-refractivity contribution in [1.29, 1.82) is 0 Å². The predicted octanol–water partition coefficient (Wildman–Crippen LogP) is 2.70. The number of benzene rings is 1. The van der Waals surface area contributed by atoms with Crippen molar-refractivity contribution in [2.75, 3.05) is 5.73 Å². The van der Waals surface area contributed by atoms with Gasteiger partial charge in [0.25, 0.3) is 0 Å². The normalized spacial score (nSPS) is 9.27. The van der Waals surface area contributed by atoms with Gasteiger partial charge in [-0.3, -0.25) is 4.68 Å². The summed E-state index contributed by atoms with van der Waals surface area (Å²) in [6.07, 6.45) is 1.67. The summed E-state index contributed by atoms with van der Waals surface area (Å²) in [5.41, 5.74) is 8.58. The zero-order chi connectivity index (χ0) is 11.3. The Morgan fingerprint density at radius 1 is 1.13 bits per heavy atom. The molecule has 1 aromatic carbocycles. The van der Waals surface area contributed by atoms with E-state index in [1.807, 2.05) is 51.2 Å². The lowest BCUT2D eigenvalue weighted by Crippen LogP contribution is -1.95. The fourth-order valence-electron chi connectivity index (χ4n) is 1.40. The van der Waals surface area contributed by atoms with E-state index >= 15 is 0 Å². The van der Waals surface area contributed by atoms with E-state index in [9.17, 15) is 0 Å². The van der Waals surface area contributed by atoms with Gasteiger partial charge in [-0.05, 0) is 0 Å². The molecular formula is C12H17N3. The van der Waals surface area contributed by atoms with Gasteiger partial charge in [-0.25, -0.2) is 0 Å². The molecule has 0 saturated carbocycles. The number of hydrogen-bond donors (Lipinski definition) is 1. The van der Waals surface area contributed by atoms with Crippen LogP contribution in [0.1, 0.15) is 13.8 Å². The van der Waals surface area contributed by atoms with E-state index in [2.05, 4.69) is 5.10 Å². The standard InChI is InChI=1S/C10H11N3.C2H6/c1-13-10(9(11)7-12-13)8-5-3-2-4-6-8;1-2/h2-7H,11H2,1H3;1-2H3. The van der Waals surface area contributed by atoms with Gasteiger partial charge < -0.3 is 5.73 Å². The molecule has 0 atom stereocenters. The Kier molecular flexibility index (Phi) is 3.92. The molecule has 0 amide bonds. The number of aryl methyl sites for hydroxylation is 1. The van der Waals surface area contributed by atoms with Gasteiger partial charge in [-0.2, -0.15) is 5.10 Å². The fourth-order valence-corrected chi connectivity index (χ4v) is 1.40. The maximum Gasteiger partial charge on any atom is 0.0908 e. The van der Waals surface area contributed by atoms with Crippen LogP contribution in [0.15, 0.2) is 36.5 Å². The molecule has 0 bridgehead atoms. The summed E-state index contributed by atoms with van der Waals surface area (Å²) in [6, 6.07) is 10.0. The van der Waals surface area contributed by atoms with E-state index in [1.54, 1.807) is 10.9 Å². The van der Waals surface area contributed by atoms with E-state index in [1.165, 1.54) is 0 Å². The Morgan fingerprint density at radius 2 is 1.73 bits per heavy atom. The monoisotopic (exact) mass is 203 g/mol. The summed E-state index contributed by atoms with van der Waals surface area (Å²) >= 11 is 0. The van der Waals surface area contributed by atoms with Crippen molar-refractivity contribution in [3.63, 3.8) is 0 Å². The lowest BCUT2D eigenvalue weighted by atomic mass is 10.1. The van der Waals surface area contributed by atoms with Gasteiger partial charge in [-0.1, -0.05) is 44.2 Å². The average Bonchev–Trinajstić information content (AvgIpc) is 2.63. The highest BCUT2D eigenvalue weighted by Crippen LogP contribution is 2.23. The second-order valence-electron chi connectivity index (χ2n) is 2.94. The van der Waals surface area contributed by atoms with Crippen molar-refractivity contribution in [3.8, 4) is 11.3 Å². The van der Waals surface area contributed by atoms with Crippen LogP contribution < -0.4 is 5.73 Å². The number of nitrogens with zero attached hydrogens (tertiary/aromatic N) is 2. The highest BCUT2D eigenvalue weighted by Gasteiger charge is 2.06. The van der Waals surface area contributed by atoms with E-state index in [4.69, 9.17) is 5.73 Å². The number of aromatic nitrogens is 2. The molecule has 0 aliphatic carbocycles. The molecule has 1 heterocycles. The lowest BCUT2D eigenvalue weighted by Gasteiger charge is -2.02. The van der Waals surface area contributed by atoms with E-state index in [-0.39, 0.29) is 0 Å². The molecule has 0 unspecified atom stereocenters. The summed E-state index contributed by atoms with van der Waals surface area (Å²) in [5, 5.41) is 4.08. The van der Waals surface area contributed by atoms with Gasteiger partial charge in [0, 0.05) is 12.6 Å². The minimum Gasteiger partial charge on any atom is -0.396 e. The van der Waals surface area contributed by atoms with Crippen LogP contribution in [0, 0.1) is 0 Å². The van der Waals surface area contributed by atoms with Gasteiger partial charge in [-0.15, -0.1) is 0 Å². The largest absolute Gasteiger partial charge is 0.396 e. The molecule has 1 aromatic heterocycles. The molecule has 0 radical (unpaired) electrons. The first-order chi connectivity index (χ1) is 7.29. The molecule has 15 heavy (non-hydrogen) atoms. The maximum absolute atomic E-state index is 5.79. The third kappa shape index (κ3) is 2.37. The molecule has 3 nitrogen and oxygen atoms in total. The third-order valence-electron chi connectivity index (χ3n) is 2.01. The zero-order valence-electron chi connectivity index (χ0n) is 9.44. The molecule has 0 saturated heterocycles. The molecule has 80 valence electrons. The zero-order valence-corrected chi connectivity index (χ0v) is 9.44. The summed E-state index contributed by atoms with van der Waals surface area (Å²) in [4.78, 5) is 0. The van der Waals surface area contributed by atoms with E-state index < -0.39 is 0 Å². The Labute approximate surface area is 90.5 Å². The lowest BCUT2D eigenvalue weighted by molar-refractivity contribution is 0.776. The summed E-state index contributed by atoms with van der Waals surface area (Å²) in [6.45, 7) is 4.00. The van der Waals surface area contributed by atoms with E-state index in [0.717, 1.165) is 11.3 Å². The maximum atomic E-state index is 5.79. The van der Waals surface area contributed by atoms with Crippen LogP contribution in [0.25, 0.3) is 11.3 Å². The second-order valence-corrected chi connectivity index (χ2v) is 2.94. The predicted molar refractivity (Wildman–Crippen MR) is 64.4 cm³/mol. The van der Waals surface area contributed by atoms with Crippen molar-refractivity contribution in [2.45, 2.75) is 13.8 Å². The van der Waals surface area contributed by atoms with Gasteiger partial charge in [0.2, 0.25) is 0 Å². The first kappa shape index (κ1) is 11.3. The number of anilines is 1.